The molecule has 3 aromatic carbocycles. The van der Waals surface area contributed by atoms with Crippen molar-refractivity contribution in [1.29, 1.82) is 0 Å². The Kier molecular flexibility index (Phi) is 7.34. The van der Waals surface area contributed by atoms with Gasteiger partial charge in [-0.3, -0.25) is 4.79 Å². The van der Waals surface area contributed by atoms with Crippen molar-refractivity contribution < 1.29 is 14.5 Å². The van der Waals surface area contributed by atoms with Crippen LogP contribution in [0.5, 0.6) is 0 Å². The van der Waals surface area contributed by atoms with Crippen LogP contribution in [0.3, 0.4) is 0 Å². The van der Waals surface area contributed by atoms with Gasteiger partial charge in [0.1, 0.15) is 11.0 Å². The van der Waals surface area contributed by atoms with Gasteiger partial charge in [-0.25, -0.2) is 0 Å². The Morgan fingerprint density at radius 3 is 1.89 bits per heavy atom. The SMILES string of the molecule is CN(C)C(=O)C(CC[N@+]1([O-])CC[C@@](O)(c2ccc(Cl)cc2)CC1)(c1ccccc1)c1ccccc1. The largest absolute Gasteiger partial charge is 0.633 e. The smallest absolute Gasteiger partial charge is 0.237 e. The average Bonchev–Trinajstić information content (AvgIpc) is 2.88. The van der Waals surface area contributed by atoms with Gasteiger partial charge in [-0.05, 0) is 28.8 Å². The second-order valence-electron chi connectivity index (χ2n) is 9.85. The van der Waals surface area contributed by atoms with E-state index in [9.17, 15) is 15.1 Å². The quantitative estimate of drug-likeness (QED) is 0.368. The third kappa shape index (κ3) is 5.14. The maximum absolute atomic E-state index is 13.9. The van der Waals surface area contributed by atoms with E-state index in [0.717, 1.165) is 16.7 Å². The van der Waals surface area contributed by atoms with E-state index in [0.29, 0.717) is 24.3 Å². The van der Waals surface area contributed by atoms with Gasteiger partial charge >= 0.3 is 0 Å². The van der Waals surface area contributed by atoms with Crippen molar-refractivity contribution in [1.82, 2.24) is 4.90 Å². The number of nitrogens with zero attached hydrogens (tertiary/aromatic N) is 2. The fourth-order valence-corrected chi connectivity index (χ4v) is 5.42. The number of likely N-dealkylation sites (tertiary alicyclic amines) is 1. The van der Waals surface area contributed by atoms with Gasteiger partial charge in [0.05, 0.1) is 19.6 Å². The molecule has 0 aliphatic carbocycles. The molecular weight excluding hydrogens is 460 g/mol. The number of hydroxylamine groups is 3. The van der Waals surface area contributed by atoms with E-state index in [1.165, 1.54) is 0 Å². The van der Waals surface area contributed by atoms with Gasteiger partial charge in [-0.2, -0.15) is 0 Å². The van der Waals surface area contributed by atoms with Crippen LogP contribution < -0.4 is 0 Å². The number of piperidine rings is 1. The molecule has 0 radical (unpaired) electrons. The number of carbonyl (C=O) groups is 1. The minimum Gasteiger partial charge on any atom is -0.633 e. The third-order valence-corrected chi connectivity index (χ3v) is 7.70. The summed E-state index contributed by atoms with van der Waals surface area (Å²) in [6, 6.07) is 26.7. The molecule has 35 heavy (non-hydrogen) atoms. The van der Waals surface area contributed by atoms with E-state index >= 15 is 0 Å². The molecule has 0 saturated carbocycles. The van der Waals surface area contributed by atoms with Crippen LogP contribution in [-0.4, -0.2) is 54.3 Å². The van der Waals surface area contributed by atoms with Crippen molar-refractivity contribution in [2.24, 2.45) is 0 Å². The number of halogens is 1. The van der Waals surface area contributed by atoms with Crippen LogP contribution in [0.2, 0.25) is 5.02 Å². The molecule has 3 aromatic rings. The van der Waals surface area contributed by atoms with E-state index < -0.39 is 15.7 Å². The predicted molar refractivity (Wildman–Crippen MR) is 140 cm³/mol. The first-order valence-electron chi connectivity index (χ1n) is 12.1. The fourth-order valence-electron chi connectivity index (χ4n) is 5.29. The van der Waals surface area contributed by atoms with Crippen molar-refractivity contribution in [2.45, 2.75) is 30.3 Å². The standard InChI is InChI=1S/C29H33ClN2O3/c1-31(2)27(33)29(24-9-5-3-6-10-24,25-11-7-4-8-12-25)19-22-32(35)20-17-28(34,18-21-32)23-13-15-26(30)16-14-23/h3-16,34H,17-22H2,1-2H3/t28-,32-. The van der Waals surface area contributed by atoms with Crippen molar-refractivity contribution in [3.8, 4) is 0 Å². The number of hydrogen-bond donors (Lipinski definition) is 1. The van der Waals surface area contributed by atoms with Gasteiger partial charge < -0.3 is 19.9 Å². The summed E-state index contributed by atoms with van der Waals surface area (Å²) in [6.07, 6.45) is 1.10. The monoisotopic (exact) mass is 492 g/mol. The fraction of sp³-hybridized carbons (Fsp3) is 0.345. The van der Waals surface area contributed by atoms with E-state index in [1.54, 1.807) is 31.1 Å². The Morgan fingerprint density at radius 1 is 0.943 bits per heavy atom. The molecule has 6 heteroatoms. The molecule has 1 aliphatic rings. The van der Waals surface area contributed by atoms with Crippen molar-refractivity contribution in [3.05, 3.63) is 112 Å². The van der Waals surface area contributed by atoms with Gasteiger partial charge in [-0.15, -0.1) is 0 Å². The summed E-state index contributed by atoms with van der Waals surface area (Å²) in [5.41, 5.74) is 0.550. The van der Waals surface area contributed by atoms with Gasteiger partial charge in [-0.1, -0.05) is 84.4 Å². The Balaban J connectivity index is 1.62. The second kappa shape index (κ2) is 10.1. The summed E-state index contributed by atoms with van der Waals surface area (Å²) in [5.74, 6) is -0.0452. The molecule has 1 aliphatic heterocycles. The number of hydrogen-bond acceptors (Lipinski definition) is 3. The van der Waals surface area contributed by atoms with E-state index in [2.05, 4.69) is 0 Å². The van der Waals surface area contributed by atoms with E-state index in [4.69, 9.17) is 11.6 Å². The number of amides is 1. The molecule has 1 amide bonds. The molecule has 0 atom stereocenters. The topological polar surface area (TPSA) is 63.6 Å². The first-order valence-corrected chi connectivity index (χ1v) is 12.4. The molecule has 1 N–H and O–H groups in total. The van der Waals surface area contributed by atoms with Gasteiger partial charge in [0, 0.05) is 38.4 Å². The molecule has 0 unspecified atom stereocenters. The van der Waals surface area contributed by atoms with Crippen molar-refractivity contribution in [3.63, 3.8) is 0 Å². The van der Waals surface area contributed by atoms with Crippen LogP contribution in [-0.2, 0) is 15.8 Å². The van der Waals surface area contributed by atoms with Crippen LogP contribution in [0, 0.1) is 5.21 Å². The first kappa shape index (κ1) is 25.4. The van der Waals surface area contributed by atoms with E-state index in [1.807, 2.05) is 72.8 Å². The minimum atomic E-state index is -1.04. The van der Waals surface area contributed by atoms with Crippen LogP contribution in [0.15, 0.2) is 84.9 Å². The number of quaternary nitrogens is 1. The Morgan fingerprint density at radius 2 is 1.43 bits per heavy atom. The van der Waals surface area contributed by atoms with Crippen LogP contribution >= 0.6 is 11.6 Å². The zero-order valence-corrected chi connectivity index (χ0v) is 21.1. The second-order valence-corrected chi connectivity index (χ2v) is 10.3. The highest BCUT2D eigenvalue weighted by Crippen LogP contribution is 2.41. The summed E-state index contributed by atoms with van der Waals surface area (Å²) in [4.78, 5) is 15.4. The molecule has 1 heterocycles. The summed E-state index contributed by atoms with van der Waals surface area (Å²) < 4.78 is -0.433. The number of aliphatic hydroxyl groups is 1. The van der Waals surface area contributed by atoms with Gasteiger partial charge in [0.2, 0.25) is 5.91 Å². The molecule has 184 valence electrons. The summed E-state index contributed by atoms with van der Waals surface area (Å²) in [5, 5.41) is 25.8. The maximum Gasteiger partial charge on any atom is 0.237 e. The molecule has 0 aromatic heterocycles. The number of likely N-dealkylation sites (N-methyl/N-ethyl adjacent to an activating group) is 1. The van der Waals surface area contributed by atoms with Crippen LogP contribution in [0.1, 0.15) is 36.0 Å². The number of rotatable bonds is 7. The molecular formula is C29H33ClN2O3. The molecule has 0 spiro atoms. The lowest BCUT2D eigenvalue weighted by Crippen LogP contribution is -2.55. The molecule has 1 saturated heterocycles. The Bertz CT molecular complexity index is 1090. The zero-order chi connectivity index (χ0) is 25.1. The Hall–Kier alpha value is -2.70. The normalized spacial score (nSPS) is 22.5. The lowest BCUT2D eigenvalue weighted by molar-refractivity contribution is -0.889. The highest BCUT2D eigenvalue weighted by molar-refractivity contribution is 6.30. The van der Waals surface area contributed by atoms with Crippen molar-refractivity contribution in [2.75, 3.05) is 33.7 Å². The first-order chi connectivity index (χ1) is 16.7. The van der Waals surface area contributed by atoms with Gasteiger partial charge in [0.25, 0.3) is 0 Å². The number of benzene rings is 3. The number of carbonyl (C=O) groups excluding carboxylic acids is 1. The summed E-state index contributed by atoms with van der Waals surface area (Å²) in [6.45, 7) is 0.851. The highest BCUT2D eigenvalue weighted by atomic mass is 35.5. The van der Waals surface area contributed by atoms with E-state index in [-0.39, 0.29) is 25.5 Å². The Labute approximate surface area is 212 Å². The summed E-state index contributed by atoms with van der Waals surface area (Å²) >= 11 is 6.01. The highest BCUT2D eigenvalue weighted by Gasteiger charge is 2.46. The predicted octanol–water partition coefficient (Wildman–Crippen LogP) is 5.10. The van der Waals surface area contributed by atoms with Crippen molar-refractivity contribution >= 4 is 17.5 Å². The lowest BCUT2D eigenvalue weighted by Gasteiger charge is -2.51. The molecule has 0 bridgehead atoms. The molecule has 5 nitrogen and oxygen atoms in total. The third-order valence-electron chi connectivity index (χ3n) is 7.45. The van der Waals surface area contributed by atoms with Gasteiger partial charge in [0.15, 0.2) is 0 Å². The molecule has 1 fully saturated rings. The lowest BCUT2D eigenvalue weighted by atomic mass is 9.70. The van der Waals surface area contributed by atoms with Crippen LogP contribution in [0.25, 0.3) is 0 Å². The maximum atomic E-state index is 13.9. The molecule has 4 rings (SSSR count). The summed E-state index contributed by atoms with van der Waals surface area (Å²) in [7, 11) is 3.52. The minimum absolute atomic E-state index is 0.0452. The average molecular weight is 493 g/mol. The van der Waals surface area contributed by atoms with Crippen LogP contribution in [0.4, 0.5) is 0 Å². The zero-order valence-electron chi connectivity index (χ0n) is 20.4.